The van der Waals surface area contributed by atoms with Crippen molar-refractivity contribution in [1.82, 2.24) is 14.4 Å². The molecule has 1 fully saturated rings. The molecule has 0 spiro atoms. The van der Waals surface area contributed by atoms with Crippen LogP contribution in [-0.4, -0.2) is 39.3 Å². The highest BCUT2D eigenvalue weighted by Gasteiger charge is 2.39. The van der Waals surface area contributed by atoms with E-state index in [9.17, 15) is 9.59 Å². The Morgan fingerprint density at radius 1 is 1.29 bits per heavy atom. The Morgan fingerprint density at radius 3 is 2.96 bits per heavy atom. The molecule has 2 amide bonds. The van der Waals surface area contributed by atoms with Crippen molar-refractivity contribution in [3.63, 3.8) is 0 Å². The molecule has 2 unspecified atom stereocenters. The van der Waals surface area contributed by atoms with Crippen LogP contribution in [0.2, 0.25) is 0 Å². The Bertz CT molecular complexity index is 749. The molecular formula is C18H21N3O3. The van der Waals surface area contributed by atoms with Crippen molar-refractivity contribution in [3.8, 4) is 0 Å². The van der Waals surface area contributed by atoms with Gasteiger partial charge in [0, 0.05) is 37.9 Å². The van der Waals surface area contributed by atoms with Crippen molar-refractivity contribution in [2.75, 3.05) is 13.1 Å². The number of rotatable bonds is 3. The minimum atomic E-state index is -0.253. The zero-order valence-electron chi connectivity index (χ0n) is 13.7. The van der Waals surface area contributed by atoms with E-state index in [1.807, 2.05) is 23.1 Å². The summed E-state index contributed by atoms with van der Waals surface area (Å²) in [6.07, 6.45) is 3.95. The quantitative estimate of drug-likeness (QED) is 0.867. The summed E-state index contributed by atoms with van der Waals surface area (Å²) < 4.78 is 7.50. The summed E-state index contributed by atoms with van der Waals surface area (Å²) in [5, 5.41) is 0. The molecule has 2 atom stereocenters. The predicted molar refractivity (Wildman–Crippen MR) is 86.8 cm³/mol. The normalized spacial score (nSPS) is 23.6. The van der Waals surface area contributed by atoms with E-state index < -0.39 is 0 Å². The average Bonchev–Trinajstić information content (AvgIpc) is 3.30. The summed E-state index contributed by atoms with van der Waals surface area (Å²) in [6, 6.07) is 7.79. The molecular weight excluding hydrogens is 306 g/mol. The smallest absolute Gasteiger partial charge is 0.228 e. The Balaban J connectivity index is 1.45. The van der Waals surface area contributed by atoms with Crippen LogP contribution in [0.3, 0.4) is 0 Å². The van der Waals surface area contributed by atoms with Crippen LogP contribution in [0.5, 0.6) is 0 Å². The van der Waals surface area contributed by atoms with Crippen molar-refractivity contribution >= 4 is 11.8 Å². The Kier molecular flexibility index (Phi) is 3.67. The molecule has 4 heterocycles. The molecule has 0 aromatic carbocycles. The van der Waals surface area contributed by atoms with Gasteiger partial charge in [0.1, 0.15) is 5.76 Å². The molecule has 0 radical (unpaired) electrons. The number of amides is 2. The standard InChI is InChI=1S/C18H21N3O3/c1-13-16-5-2-6-19(16)7-8-21(13)18(23)14-10-17(22)20(11-14)12-15-4-3-9-24-15/h2-6,9,13-14H,7-8,10-12H2,1H3. The van der Waals surface area contributed by atoms with Crippen LogP contribution in [0, 0.1) is 5.92 Å². The average molecular weight is 327 g/mol. The van der Waals surface area contributed by atoms with E-state index in [0.29, 0.717) is 26.1 Å². The maximum atomic E-state index is 13.0. The lowest BCUT2D eigenvalue weighted by molar-refractivity contribution is -0.139. The van der Waals surface area contributed by atoms with Crippen LogP contribution in [0.4, 0.5) is 0 Å². The van der Waals surface area contributed by atoms with Gasteiger partial charge in [0.25, 0.3) is 0 Å². The fourth-order valence-electron chi connectivity index (χ4n) is 3.80. The molecule has 0 saturated carbocycles. The SMILES string of the molecule is CC1c2cccn2CCN1C(=O)C1CC(=O)N(Cc2ccco2)C1. The molecule has 6 heteroatoms. The Hall–Kier alpha value is -2.50. The topological polar surface area (TPSA) is 58.7 Å². The molecule has 2 aliphatic rings. The molecule has 1 saturated heterocycles. The Labute approximate surface area is 140 Å². The number of carbonyl (C=O) groups excluding carboxylic acids is 2. The molecule has 2 aromatic heterocycles. The van der Waals surface area contributed by atoms with Gasteiger partial charge in [-0.05, 0) is 31.2 Å². The molecule has 0 bridgehead atoms. The molecule has 2 aliphatic heterocycles. The van der Waals surface area contributed by atoms with E-state index in [1.54, 1.807) is 11.2 Å². The molecule has 4 rings (SSSR count). The molecule has 126 valence electrons. The number of hydrogen-bond donors (Lipinski definition) is 0. The van der Waals surface area contributed by atoms with E-state index in [4.69, 9.17) is 4.42 Å². The highest BCUT2D eigenvalue weighted by atomic mass is 16.3. The van der Waals surface area contributed by atoms with Crippen LogP contribution >= 0.6 is 0 Å². The fourth-order valence-corrected chi connectivity index (χ4v) is 3.80. The maximum Gasteiger partial charge on any atom is 0.228 e. The van der Waals surface area contributed by atoms with E-state index in [1.165, 1.54) is 0 Å². The number of aromatic nitrogens is 1. The number of fused-ring (bicyclic) bond motifs is 1. The summed E-state index contributed by atoms with van der Waals surface area (Å²) in [4.78, 5) is 28.8. The van der Waals surface area contributed by atoms with Gasteiger partial charge >= 0.3 is 0 Å². The lowest BCUT2D eigenvalue weighted by Gasteiger charge is -2.36. The highest BCUT2D eigenvalue weighted by molar-refractivity contribution is 5.89. The van der Waals surface area contributed by atoms with Crippen LogP contribution in [0.25, 0.3) is 0 Å². The molecule has 6 nitrogen and oxygen atoms in total. The second-order valence-electron chi connectivity index (χ2n) is 6.59. The van der Waals surface area contributed by atoms with Crippen LogP contribution in [0.15, 0.2) is 41.1 Å². The van der Waals surface area contributed by atoms with Gasteiger partial charge in [-0.2, -0.15) is 0 Å². The predicted octanol–water partition coefficient (Wildman–Crippen LogP) is 2.03. The monoisotopic (exact) mass is 327 g/mol. The molecule has 24 heavy (non-hydrogen) atoms. The zero-order valence-corrected chi connectivity index (χ0v) is 13.7. The molecule has 0 aliphatic carbocycles. The third-order valence-corrected chi connectivity index (χ3v) is 5.12. The van der Waals surface area contributed by atoms with Crippen molar-refractivity contribution in [2.24, 2.45) is 5.92 Å². The summed E-state index contributed by atoms with van der Waals surface area (Å²) >= 11 is 0. The summed E-state index contributed by atoms with van der Waals surface area (Å²) in [7, 11) is 0. The van der Waals surface area contributed by atoms with Gasteiger partial charge in [0.15, 0.2) is 0 Å². The number of hydrogen-bond acceptors (Lipinski definition) is 3. The second kappa shape index (κ2) is 5.85. The first kappa shape index (κ1) is 15.1. The van der Waals surface area contributed by atoms with Gasteiger partial charge in [0.05, 0.1) is 24.8 Å². The summed E-state index contributed by atoms with van der Waals surface area (Å²) in [5.74, 6) is 0.611. The zero-order chi connectivity index (χ0) is 16.7. The van der Waals surface area contributed by atoms with E-state index in [2.05, 4.69) is 23.8 Å². The summed E-state index contributed by atoms with van der Waals surface area (Å²) in [6.45, 7) is 4.48. The number of likely N-dealkylation sites (tertiary alicyclic amines) is 1. The highest BCUT2D eigenvalue weighted by Crippen LogP contribution is 2.30. The Morgan fingerprint density at radius 2 is 2.17 bits per heavy atom. The van der Waals surface area contributed by atoms with Gasteiger partial charge in [-0.15, -0.1) is 0 Å². The maximum absolute atomic E-state index is 13.0. The third-order valence-electron chi connectivity index (χ3n) is 5.12. The van der Waals surface area contributed by atoms with Crippen LogP contribution in [0.1, 0.15) is 30.8 Å². The van der Waals surface area contributed by atoms with Crippen molar-refractivity contribution in [1.29, 1.82) is 0 Å². The second-order valence-corrected chi connectivity index (χ2v) is 6.59. The van der Waals surface area contributed by atoms with E-state index >= 15 is 0 Å². The number of furan rings is 1. The fraction of sp³-hybridized carbons (Fsp3) is 0.444. The van der Waals surface area contributed by atoms with Gasteiger partial charge in [-0.3, -0.25) is 9.59 Å². The lowest BCUT2D eigenvalue weighted by Crippen LogP contribution is -2.44. The molecule has 0 N–H and O–H groups in total. The van der Waals surface area contributed by atoms with Gasteiger partial charge < -0.3 is 18.8 Å². The minimum Gasteiger partial charge on any atom is -0.467 e. The van der Waals surface area contributed by atoms with Crippen LogP contribution < -0.4 is 0 Å². The van der Waals surface area contributed by atoms with Gasteiger partial charge in [-0.25, -0.2) is 0 Å². The van der Waals surface area contributed by atoms with E-state index in [-0.39, 0.29) is 23.8 Å². The first-order valence-corrected chi connectivity index (χ1v) is 8.39. The largest absolute Gasteiger partial charge is 0.467 e. The van der Waals surface area contributed by atoms with Crippen molar-refractivity contribution < 1.29 is 14.0 Å². The van der Waals surface area contributed by atoms with Crippen molar-refractivity contribution in [3.05, 3.63) is 48.2 Å². The van der Waals surface area contributed by atoms with Crippen LogP contribution in [-0.2, 0) is 22.7 Å². The van der Waals surface area contributed by atoms with Gasteiger partial charge in [-0.1, -0.05) is 0 Å². The summed E-state index contributed by atoms with van der Waals surface area (Å²) in [5.41, 5.74) is 1.16. The lowest BCUT2D eigenvalue weighted by atomic mass is 10.0. The van der Waals surface area contributed by atoms with Crippen molar-refractivity contribution in [2.45, 2.75) is 32.5 Å². The number of carbonyl (C=O) groups is 2. The van der Waals surface area contributed by atoms with Gasteiger partial charge in [0.2, 0.25) is 11.8 Å². The van der Waals surface area contributed by atoms with E-state index in [0.717, 1.165) is 18.0 Å². The third kappa shape index (κ3) is 2.52. The number of nitrogens with zero attached hydrogens (tertiary/aromatic N) is 3. The first-order chi connectivity index (χ1) is 11.6. The first-order valence-electron chi connectivity index (χ1n) is 8.39. The minimum absolute atomic E-state index is 0.0257. The molecule has 2 aromatic rings.